The molecule has 0 aliphatic carbocycles. The van der Waals surface area contributed by atoms with Crippen molar-refractivity contribution in [2.45, 2.75) is 58.0 Å². The highest BCUT2D eigenvalue weighted by Crippen LogP contribution is 2.27. The first-order valence-electron chi connectivity index (χ1n) is 7.32. The molecule has 2 heterocycles. The second-order valence-electron chi connectivity index (χ2n) is 5.92. The zero-order chi connectivity index (χ0) is 14.0. The number of rotatable bonds is 1. The second kappa shape index (κ2) is 5.80. The minimum Gasteiger partial charge on any atom is -0.480 e. The van der Waals surface area contributed by atoms with Gasteiger partial charge in [-0.2, -0.15) is 0 Å². The maximum atomic E-state index is 12.6. The number of hydrogen-bond donors (Lipinski definition) is 1. The molecule has 1 N–H and O–H groups in total. The van der Waals surface area contributed by atoms with Gasteiger partial charge in [-0.25, -0.2) is 9.59 Å². The average molecular weight is 268 g/mol. The van der Waals surface area contributed by atoms with Crippen LogP contribution < -0.4 is 0 Å². The first kappa shape index (κ1) is 14.2. The monoisotopic (exact) mass is 268 g/mol. The Morgan fingerprint density at radius 1 is 1.00 bits per heavy atom. The van der Waals surface area contributed by atoms with Crippen molar-refractivity contribution in [1.29, 1.82) is 0 Å². The molecule has 0 spiro atoms. The normalized spacial score (nSPS) is 32.2. The fraction of sp³-hybridized carbons (Fsp3) is 0.857. The van der Waals surface area contributed by atoms with Crippen LogP contribution in [0.4, 0.5) is 4.79 Å². The number of hydrogen-bond acceptors (Lipinski definition) is 2. The molecule has 3 unspecified atom stereocenters. The molecular formula is C14H24N2O3. The maximum Gasteiger partial charge on any atom is 0.326 e. The van der Waals surface area contributed by atoms with Crippen molar-refractivity contribution in [3.8, 4) is 0 Å². The van der Waals surface area contributed by atoms with E-state index in [9.17, 15) is 14.7 Å². The van der Waals surface area contributed by atoms with Crippen LogP contribution in [-0.2, 0) is 4.79 Å². The summed E-state index contributed by atoms with van der Waals surface area (Å²) in [5.74, 6) is -0.829. The Hall–Kier alpha value is -1.26. The maximum absolute atomic E-state index is 12.6. The van der Waals surface area contributed by atoms with E-state index < -0.39 is 12.0 Å². The zero-order valence-electron chi connectivity index (χ0n) is 11.8. The van der Waals surface area contributed by atoms with Gasteiger partial charge in [-0.3, -0.25) is 0 Å². The first-order valence-corrected chi connectivity index (χ1v) is 7.32. The van der Waals surface area contributed by atoms with Crippen LogP contribution >= 0.6 is 0 Å². The van der Waals surface area contributed by atoms with Gasteiger partial charge in [-0.1, -0.05) is 19.8 Å². The molecule has 108 valence electrons. The predicted octanol–water partition coefficient (Wildman–Crippen LogP) is 2.17. The van der Waals surface area contributed by atoms with E-state index in [1.165, 1.54) is 0 Å². The van der Waals surface area contributed by atoms with Gasteiger partial charge >= 0.3 is 12.0 Å². The largest absolute Gasteiger partial charge is 0.480 e. The number of urea groups is 1. The van der Waals surface area contributed by atoms with Crippen molar-refractivity contribution in [3.05, 3.63) is 0 Å². The van der Waals surface area contributed by atoms with Crippen LogP contribution in [0.3, 0.4) is 0 Å². The van der Waals surface area contributed by atoms with E-state index >= 15 is 0 Å². The third kappa shape index (κ3) is 2.85. The lowest BCUT2D eigenvalue weighted by molar-refractivity contribution is -0.142. The standard InChI is InChI=1S/C14H24N2O3/c1-10-7-9-16(12(10)13(17)18)14(19)15-8-5-3-4-6-11(15)2/h10-12H,3-9H2,1-2H3,(H,17,18). The summed E-state index contributed by atoms with van der Waals surface area (Å²) < 4.78 is 0. The Morgan fingerprint density at radius 2 is 1.74 bits per heavy atom. The number of carboxylic acids is 1. The van der Waals surface area contributed by atoms with Gasteiger partial charge in [0, 0.05) is 19.1 Å². The second-order valence-corrected chi connectivity index (χ2v) is 5.92. The van der Waals surface area contributed by atoms with Crippen molar-refractivity contribution in [3.63, 3.8) is 0 Å². The highest BCUT2D eigenvalue weighted by molar-refractivity contribution is 5.83. The van der Waals surface area contributed by atoms with Crippen molar-refractivity contribution in [2.75, 3.05) is 13.1 Å². The summed E-state index contributed by atoms with van der Waals surface area (Å²) in [6, 6.07) is -0.505. The quantitative estimate of drug-likeness (QED) is 0.792. The number of carbonyl (C=O) groups is 2. The van der Waals surface area contributed by atoms with Gasteiger partial charge < -0.3 is 14.9 Å². The van der Waals surface area contributed by atoms with Gasteiger partial charge in [0.1, 0.15) is 6.04 Å². The van der Waals surface area contributed by atoms with Gasteiger partial charge in [0.15, 0.2) is 0 Å². The average Bonchev–Trinajstić information content (AvgIpc) is 2.61. The third-order valence-electron chi connectivity index (χ3n) is 4.50. The van der Waals surface area contributed by atoms with E-state index in [0.29, 0.717) is 6.54 Å². The SMILES string of the molecule is CC1CCN(C(=O)N2CCCCCC2C)C1C(=O)O. The smallest absolute Gasteiger partial charge is 0.326 e. The molecule has 2 amide bonds. The molecular weight excluding hydrogens is 244 g/mol. The summed E-state index contributed by atoms with van der Waals surface area (Å²) >= 11 is 0. The van der Waals surface area contributed by atoms with Crippen LogP contribution in [0, 0.1) is 5.92 Å². The summed E-state index contributed by atoms with van der Waals surface area (Å²) in [6.07, 6.45) is 5.14. The lowest BCUT2D eigenvalue weighted by Crippen LogP contribution is -2.51. The fourth-order valence-electron chi connectivity index (χ4n) is 3.26. The van der Waals surface area contributed by atoms with E-state index in [2.05, 4.69) is 6.92 Å². The van der Waals surface area contributed by atoms with Crippen molar-refractivity contribution in [1.82, 2.24) is 9.80 Å². The molecule has 3 atom stereocenters. The molecule has 0 aromatic carbocycles. The fourth-order valence-corrected chi connectivity index (χ4v) is 3.26. The molecule has 2 rings (SSSR count). The van der Waals surface area contributed by atoms with Crippen molar-refractivity contribution < 1.29 is 14.7 Å². The summed E-state index contributed by atoms with van der Waals surface area (Å²) in [5.41, 5.74) is 0. The lowest BCUT2D eigenvalue weighted by Gasteiger charge is -2.33. The number of amides is 2. The molecule has 5 heteroatoms. The minimum atomic E-state index is -0.874. The molecule has 2 fully saturated rings. The minimum absolute atomic E-state index is 0.0451. The van der Waals surface area contributed by atoms with E-state index in [1.54, 1.807) is 4.90 Å². The summed E-state index contributed by atoms with van der Waals surface area (Å²) in [5, 5.41) is 9.31. The number of aliphatic carboxylic acids is 1. The Morgan fingerprint density at radius 3 is 2.42 bits per heavy atom. The molecule has 2 aliphatic heterocycles. The molecule has 0 bridgehead atoms. The molecule has 0 radical (unpaired) electrons. The van der Waals surface area contributed by atoms with Crippen LogP contribution in [0.5, 0.6) is 0 Å². The van der Waals surface area contributed by atoms with Crippen LogP contribution in [0.15, 0.2) is 0 Å². The van der Waals surface area contributed by atoms with Crippen molar-refractivity contribution in [2.24, 2.45) is 5.92 Å². The Balaban J connectivity index is 2.11. The van der Waals surface area contributed by atoms with Crippen LogP contribution in [0.1, 0.15) is 46.0 Å². The van der Waals surface area contributed by atoms with Gasteiger partial charge in [-0.15, -0.1) is 0 Å². The molecule has 0 saturated carbocycles. The number of carbonyl (C=O) groups excluding carboxylic acids is 1. The highest BCUT2D eigenvalue weighted by Gasteiger charge is 2.41. The van der Waals surface area contributed by atoms with E-state index in [1.807, 2.05) is 11.8 Å². The lowest BCUT2D eigenvalue weighted by atomic mass is 10.0. The number of carboxylic acid groups (broad SMARTS) is 1. The zero-order valence-corrected chi connectivity index (χ0v) is 11.8. The topological polar surface area (TPSA) is 60.9 Å². The summed E-state index contributed by atoms with van der Waals surface area (Å²) in [7, 11) is 0. The number of nitrogens with zero attached hydrogens (tertiary/aromatic N) is 2. The van der Waals surface area contributed by atoms with Crippen LogP contribution in [-0.4, -0.2) is 52.1 Å². The summed E-state index contributed by atoms with van der Waals surface area (Å²) in [4.78, 5) is 27.4. The van der Waals surface area contributed by atoms with E-state index in [-0.39, 0.29) is 18.0 Å². The Labute approximate surface area is 114 Å². The molecule has 2 aliphatic rings. The first-order chi connectivity index (χ1) is 9.02. The van der Waals surface area contributed by atoms with Gasteiger partial charge in [-0.05, 0) is 32.1 Å². The van der Waals surface area contributed by atoms with E-state index in [4.69, 9.17) is 0 Å². The van der Waals surface area contributed by atoms with E-state index in [0.717, 1.165) is 38.6 Å². The van der Waals surface area contributed by atoms with Crippen molar-refractivity contribution >= 4 is 12.0 Å². The molecule has 19 heavy (non-hydrogen) atoms. The summed E-state index contributed by atoms with van der Waals surface area (Å²) in [6.45, 7) is 5.31. The van der Waals surface area contributed by atoms with Gasteiger partial charge in [0.2, 0.25) is 0 Å². The Kier molecular flexibility index (Phi) is 4.32. The third-order valence-corrected chi connectivity index (χ3v) is 4.50. The van der Waals surface area contributed by atoms with Crippen LogP contribution in [0.2, 0.25) is 0 Å². The predicted molar refractivity (Wildman–Crippen MR) is 71.9 cm³/mol. The molecule has 0 aromatic heterocycles. The molecule has 0 aromatic rings. The van der Waals surface area contributed by atoms with Gasteiger partial charge in [0.05, 0.1) is 0 Å². The van der Waals surface area contributed by atoms with Gasteiger partial charge in [0.25, 0.3) is 0 Å². The highest BCUT2D eigenvalue weighted by atomic mass is 16.4. The molecule has 2 saturated heterocycles. The number of likely N-dealkylation sites (tertiary alicyclic amines) is 2. The van der Waals surface area contributed by atoms with Crippen LogP contribution in [0.25, 0.3) is 0 Å². The molecule has 5 nitrogen and oxygen atoms in total. The Bertz CT molecular complexity index is 359.